The van der Waals surface area contributed by atoms with Crippen LogP contribution in [0.1, 0.15) is 0 Å². The summed E-state index contributed by atoms with van der Waals surface area (Å²) in [6.07, 6.45) is 0. The summed E-state index contributed by atoms with van der Waals surface area (Å²) in [7, 11) is 1.44. The van der Waals surface area contributed by atoms with Gasteiger partial charge in [0.05, 0.1) is 12.3 Å². The van der Waals surface area contributed by atoms with Crippen LogP contribution in [0.3, 0.4) is 0 Å². The van der Waals surface area contributed by atoms with Crippen molar-refractivity contribution in [3.63, 3.8) is 0 Å². The largest absolute Gasteiger partial charge is 0.383 e. The van der Waals surface area contributed by atoms with Gasteiger partial charge in [-0.05, 0) is 28.1 Å². The van der Waals surface area contributed by atoms with Crippen LogP contribution < -0.4 is 11.1 Å². The molecule has 0 fully saturated rings. The first-order valence-corrected chi connectivity index (χ1v) is 5.35. The Balaban J connectivity index is 2.77. The standard InChI is InChI=1S/C10H12BrFN2O2/c1-16-5-8(13)10(15)14-9-6(11)3-2-4-7(9)12/h2-4,8H,5,13H2,1H3,(H,14,15). The van der Waals surface area contributed by atoms with Gasteiger partial charge < -0.3 is 15.8 Å². The van der Waals surface area contributed by atoms with Gasteiger partial charge in [0.25, 0.3) is 0 Å². The molecule has 0 radical (unpaired) electrons. The van der Waals surface area contributed by atoms with E-state index in [-0.39, 0.29) is 12.3 Å². The van der Waals surface area contributed by atoms with Crippen LogP contribution in [-0.2, 0) is 9.53 Å². The molecule has 0 spiro atoms. The Morgan fingerprint density at radius 3 is 2.94 bits per heavy atom. The SMILES string of the molecule is COCC(N)C(=O)Nc1c(F)cccc1Br. The molecule has 6 heteroatoms. The smallest absolute Gasteiger partial charge is 0.243 e. The lowest BCUT2D eigenvalue weighted by atomic mass is 10.2. The third kappa shape index (κ3) is 3.26. The number of nitrogens with one attached hydrogen (secondary N) is 1. The van der Waals surface area contributed by atoms with Crippen LogP contribution in [0.15, 0.2) is 22.7 Å². The maximum Gasteiger partial charge on any atom is 0.243 e. The minimum absolute atomic E-state index is 0.0813. The van der Waals surface area contributed by atoms with Crippen LogP contribution in [0.5, 0.6) is 0 Å². The lowest BCUT2D eigenvalue weighted by Crippen LogP contribution is -2.39. The molecule has 88 valence electrons. The highest BCUT2D eigenvalue weighted by Gasteiger charge is 2.16. The van der Waals surface area contributed by atoms with Crippen LogP contribution in [0, 0.1) is 5.82 Å². The lowest BCUT2D eigenvalue weighted by Gasteiger charge is -2.12. The average molecular weight is 291 g/mol. The van der Waals surface area contributed by atoms with E-state index < -0.39 is 17.8 Å². The Morgan fingerprint density at radius 2 is 2.38 bits per heavy atom. The molecule has 16 heavy (non-hydrogen) atoms. The highest BCUT2D eigenvalue weighted by Crippen LogP contribution is 2.25. The summed E-state index contributed by atoms with van der Waals surface area (Å²) in [5.74, 6) is -1.01. The second kappa shape index (κ2) is 5.93. The van der Waals surface area contributed by atoms with Gasteiger partial charge in [-0.2, -0.15) is 0 Å². The van der Waals surface area contributed by atoms with Crippen molar-refractivity contribution < 1.29 is 13.9 Å². The van der Waals surface area contributed by atoms with Crippen LogP contribution in [0.25, 0.3) is 0 Å². The van der Waals surface area contributed by atoms with E-state index >= 15 is 0 Å². The van der Waals surface area contributed by atoms with Gasteiger partial charge in [-0.3, -0.25) is 4.79 Å². The summed E-state index contributed by atoms with van der Waals surface area (Å²) in [5, 5.41) is 2.40. The van der Waals surface area contributed by atoms with Gasteiger partial charge in [0.1, 0.15) is 11.9 Å². The molecule has 1 amide bonds. The van der Waals surface area contributed by atoms with Gasteiger partial charge in [0.2, 0.25) is 5.91 Å². The van der Waals surface area contributed by atoms with Crippen molar-refractivity contribution in [1.29, 1.82) is 0 Å². The number of carbonyl (C=O) groups is 1. The van der Waals surface area contributed by atoms with Crippen molar-refractivity contribution >= 4 is 27.5 Å². The van der Waals surface area contributed by atoms with Gasteiger partial charge in [-0.1, -0.05) is 6.07 Å². The molecule has 0 aliphatic heterocycles. The zero-order chi connectivity index (χ0) is 12.1. The topological polar surface area (TPSA) is 64.3 Å². The van der Waals surface area contributed by atoms with E-state index in [1.807, 2.05) is 0 Å². The molecule has 0 bridgehead atoms. The Labute approximate surface area is 101 Å². The van der Waals surface area contributed by atoms with Gasteiger partial charge in [0, 0.05) is 11.6 Å². The molecule has 0 aliphatic carbocycles. The van der Waals surface area contributed by atoms with Crippen molar-refractivity contribution in [3.8, 4) is 0 Å². The number of anilines is 1. The molecule has 1 atom stereocenters. The third-order valence-corrected chi connectivity index (χ3v) is 2.55. The highest BCUT2D eigenvalue weighted by molar-refractivity contribution is 9.10. The van der Waals surface area contributed by atoms with E-state index in [0.29, 0.717) is 4.47 Å². The molecular weight excluding hydrogens is 279 g/mol. The molecule has 1 unspecified atom stereocenters. The molecule has 0 aliphatic rings. The molecular formula is C10H12BrFN2O2. The van der Waals surface area contributed by atoms with Crippen LogP contribution in [0.4, 0.5) is 10.1 Å². The van der Waals surface area contributed by atoms with E-state index in [0.717, 1.165) is 0 Å². The van der Waals surface area contributed by atoms with E-state index in [2.05, 4.69) is 21.2 Å². The quantitative estimate of drug-likeness (QED) is 0.883. The van der Waals surface area contributed by atoms with Gasteiger partial charge in [-0.15, -0.1) is 0 Å². The molecule has 1 rings (SSSR count). The van der Waals surface area contributed by atoms with Crippen molar-refractivity contribution in [3.05, 3.63) is 28.5 Å². The van der Waals surface area contributed by atoms with Crippen LogP contribution in [-0.4, -0.2) is 25.7 Å². The number of rotatable bonds is 4. The number of carbonyl (C=O) groups excluding carboxylic acids is 1. The summed E-state index contributed by atoms with van der Waals surface area (Å²) >= 11 is 3.14. The first-order valence-electron chi connectivity index (χ1n) is 4.55. The molecule has 4 nitrogen and oxygen atoms in total. The number of methoxy groups -OCH3 is 1. The van der Waals surface area contributed by atoms with Crippen molar-refractivity contribution in [2.24, 2.45) is 5.73 Å². The summed E-state index contributed by atoms with van der Waals surface area (Å²) < 4.78 is 18.5. The van der Waals surface area contributed by atoms with Crippen LogP contribution in [0.2, 0.25) is 0 Å². The molecule has 0 saturated heterocycles. The number of benzene rings is 1. The monoisotopic (exact) mass is 290 g/mol. The number of hydrogen-bond acceptors (Lipinski definition) is 3. The maximum atomic E-state index is 13.3. The predicted molar refractivity (Wildman–Crippen MR) is 62.6 cm³/mol. The van der Waals surface area contributed by atoms with E-state index in [1.165, 1.54) is 19.2 Å². The van der Waals surface area contributed by atoms with Gasteiger partial charge >= 0.3 is 0 Å². The number of halogens is 2. The van der Waals surface area contributed by atoms with Crippen LogP contribution >= 0.6 is 15.9 Å². The molecule has 0 heterocycles. The van der Waals surface area contributed by atoms with E-state index in [9.17, 15) is 9.18 Å². The normalized spacial score (nSPS) is 12.2. The fraction of sp³-hybridized carbons (Fsp3) is 0.300. The first-order chi connectivity index (χ1) is 7.56. The van der Waals surface area contributed by atoms with Crippen molar-refractivity contribution in [2.75, 3.05) is 19.0 Å². The predicted octanol–water partition coefficient (Wildman–Crippen LogP) is 1.50. The number of nitrogens with two attached hydrogens (primary N) is 1. The van der Waals surface area contributed by atoms with Crippen molar-refractivity contribution in [2.45, 2.75) is 6.04 Å². The summed E-state index contributed by atoms with van der Waals surface area (Å²) in [6, 6.07) is 3.59. The van der Waals surface area contributed by atoms with Gasteiger partial charge in [-0.25, -0.2) is 4.39 Å². The summed E-state index contributed by atoms with van der Waals surface area (Å²) in [4.78, 5) is 11.5. The summed E-state index contributed by atoms with van der Waals surface area (Å²) in [6.45, 7) is 0.0813. The Kier molecular flexibility index (Phi) is 4.85. The van der Waals surface area contributed by atoms with E-state index in [1.54, 1.807) is 6.07 Å². The fourth-order valence-electron chi connectivity index (χ4n) is 1.09. The molecule has 3 N–H and O–H groups in total. The summed E-state index contributed by atoms with van der Waals surface area (Å²) in [5.41, 5.74) is 5.58. The highest BCUT2D eigenvalue weighted by atomic mass is 79.9. The maximum absolute atomic E-state index is 13.3. The average Bonchev–Trinajstić information content (AvgIpc) is 2.23. The zero-order valence-corrected chi connectivity index (χ0v) is 10.3. The lowest BCUT2D eigenvalue weighted by molar-refractivity contribution is -0.118. The van der Waals surface area contributed by atoms with E-state index in [4.69, 9.17) is 10.5 Å². The van der Waals surface area contributed by atoms with Crippen molar-refractivity contribution in [1.82, 2.24) is 0 Å². The molecule has 0 saturated carbocycles. The number of amides is 1. The Bertz CT molecular complexity index is 367. The Morgan fingerprint density at radius 1 is 1.69 bits per heavy atom. The molecule has 1 aromatic carbocycles. The number of hydrogen-bond donors (Lipinski definition) is 2. The number of para-hydroxylation sites is 1. The van der Waals surface area contributed by atoms with Gasteiger partial charge in [0.15, 0.2) is 0 Å². The minimum Gasteiger partial charge on any atom is -0.383 e. The Hall–Kier alpha value is -0.980. The minimum atomic E-state index is -0.823. The second-order valence-electron chi connectivity index (χ2n) is 3.15. The first kappa shape index (κ1) is 13.1. The second-order valence-corrected chi connectivity index (χ2v) is 4.00. The zero-order valence-electron chi connectivity index (χ0n) is 8.67. The molecule has 1 aromatic rings. The fourth-order valence-corrected chi connectivity index (χ4v) is 1.53. The number of ether oxygens (including phenoxy) is 1. The molecule has 0 aromatic heterocycles. The third-order valence-electron chi connectivity index (χ3n) is 1.89.